The summed E-state index contributed by atoms with van der Waals surface area (Å²) in [5, 5.41) is 0.625. The van der Waals surface area contributed by atoms with Crippen molar-refractivity contribution in [3.05, 3.63) is 64.7 Å². The Morgan fingerprint density at radius 2 is 1.74 bits per heavy atom. The highest BCUT2D eigenvalue weighted by Crippen LogP contribution is 2.17. The molecule has 0 radical (unpaired) electrons. The van der Waals surface area contributed by atoms with E-state index in [0.29, 0.717) is 17.8 Å². The van der Waals surface area contributed by atoms with E-state index in [2.05, 4.69) is 23.7 Å². The maximum atomic E-state index is 12.9. The van der Waals surface area contributed by atoms with Crippen LogP contribution in [0.5, 0.6) is 5.75 Å². The second-order valence-electron chi connectivity index (χ2n) is 6.54. The topological polar surface area (TPSA) is 47.4 Å². The summed E-state index contributed by atoms with van der Waals surface area (Å²) < 4.78 is 7.48. The van der Waals surface area contributed by atoms with Gasteiger partial charge in [0.2, 0.25) is 0 Å². The molecule has 3 rings (SSSR count). The number of ether oxygens (including phenoxy) is 1. The fourth-order valence-corrected chi connectivity index (χ4v) is 3.26. The Kier molecular flexibility index (Phi) is 6.24. The molecule has 5 nitrogen and oxygen atoms in total. The second kappa shape index (κ2) is 8.82. The van der Waals surface area contributed by atoms with Crippen molar-refractivity contribution in [1.82, 2.24) is 14.5 Å². The first-order chi connectivity index (χ1) is 13.1. The van der Waals surface area contributed by atoms with Crippen LogP contribution in [0.1, 0.15) is 26.1 Å². The predicted molar refractivity (Wildman–Crippen MR) is 110 cm³/mol. The van der Waals surface area contributed by atoms with Crippen LogP contribution in [0.3, 0.4) is 0 Å². The van der Waals surface area contributed by atoms with Gasteiger partial charge in [0.1, 0.15) is 11.6 Å². The third-order valence-electron chi connectivity index (χ3n) is 4.82. The van der Waals surface area contributed by atoms with Crippen LogP contribution in [0.25, 0.3) is 16.6 Å². The van der Waals surface area contributed by atoms with Gasteiger partial charge in [0.15, 0.2) is 0 Å². The van der Waals surface area contributed by atoms with Crippen molar-refractivity contribution in [3.8, 4) is 11.4 Å². The van der Waals surface area contributed by atoms with E-state index >= 15 is 0 Å². The maximum Gasteiger partial charge on any atom is 0.265 e. The van der Waals surface area contributed by atoms with Gasteiger partial charge >= 0.3 is 0 Å². The molecule has 5 heteroatoms. The molecule has 0 amide bonds. The van der Waals surface area contributed by atoms with E-state index in [4.69, 9.17) is 4.74 Å². The van der Waals surface area contributed by atoms with Crippen LogP contribution >= 0.6 is 0 Å². The number of hydrogen-bond donors (Lipinski definition) is 0. The van der Waals surface area contributed by atoms with Gasteiger partial charge in [0.05, 0.1) is 23.2 Å². The molecular formula is C22H27N3O2. The molecular weight excluding hydrogens is 338 g/mol. The van der Waals surface area contributed by atoms with E-state index in [1.807, 2.05) is 55.5 Å². The third kappa shape index (κ3) is 4.37. The molecule has 0 unspecified atom stereocenters. The molecule has 0 aliphatic carbocycles. The molecule has 0 saturated heterocycles. The van der Waals surface area contributed by atoms with Crippen LogP contribution in [0.4, 0.5) is 0 Å². The minimum absolute atomic E-state index is 0.0500. The molecule has 1 aromatic heterocycles. The second-order valence-corrected chi connectivity index (χ2v) is 6.54. The van der Waals surface area contributed by atoms with Crippen LogP contribution in [0.15, 0.2) is 53.3 Å². The summed E-state index contributed by atoms with van der Waals surface area (Å²) in [5.74, 6) is 1.49. The van der Waals surface area contributed by atoms with Gasteiger partial charge in [-0.3, -0.25) is 9.36 Å². The first-order valence-corrected chi connectivity index (χ1v) is 9.58. The van der Waals surface area contributed by atoms with E-state index in [-0.39, 0.29) is 5.56 Å². The van der Waals surface area contributed by atoms with Crippen molar-refractivity contribution >= 4 is 10.9 Å². The zero-order valence-electron chi connectivity index (χ0n) is 16.3. The highest BCUT2D eigenvalue weighted by Gasteiger charge is 2.09. The highest BCUT2D eigenvalue weighted by molar-refractivity contribution is 5.77. The van der Waals surface area contributed by atoms with Gasteiger partial charge in [0.25, 0.3) is 5.56 Å². The lowest BCUT2D eigenvalue weighted by Crippen LogP contribution is -2.25. The van der Waals surface area contributed by atoms with E-state index in [1.165, 1.54) is 0 Å². The average Bonchev–Trinajstić information content (AvgIpc) is 2.69. The number of rotatable bonds is 8. The molecule has 0 spiro atoms. The summed E-state index contributed by atoms with van der Waals surface area (Å²) >= 11 is 0. The number of aryl methyl sites for hydroxylation is 1. The summed E-state index contributed by atoms with van der Waals surface area (Å²) in [5.41, 5.74) is 1.47. The third-order valence-corrected chi connectivity index (χ3v) is 4.82. The normalized spacial score (nSPS) is 11.3. The number of fused-ring (bicyclic) bond motifs is 1. The Labute approximate surface area is 160 Å². The van der Waals surface area contributed by atoms with Crippen LogP contribution in [0, 0.1) is 6.92 Å². The Bertz CT molecular complexity index is 944. The number of para-hydroxylation sites is 1. The average molecular weight is 365 g/mol. The number of hydrogen-bond acceptors (Lipinski definition) is 4. The summed E-state index contributed by atoms with van der Waals surface area (Å²) in [6, 6.07) is 15.1. The zero-order valence-corrected chi connectivity index (χ0v) is 16.3. The SMILES string of the molecule is CCN(CC)CCCOc1ccc(-n2c(C)nc3ccccc3c2=O)cc1. The molecule has 2 aromatic carbocycles. The predicted octanol–water partition coefficient (Wildman–Crippen LogP) is 3.80. The van der Waals surface area contributed by atoms with Crippen LogP contribution in [-0.4, -0.2) is 40.7 Å². The quantitative estimate of drug-likeness (QED) is 0.570. The highest BCUT2D eigenvalue weighted by atomic mass is 16.5. The molecule has 3 aromatic rings. The van der Waals surface area contributed by atoms with Gasteiger partial charge in [-0.15, -0.1) is 0 Å². The molecule has 0 saturated carbocycles. The number of benzene rings is 2. The van der Waals surface area contributed by atoms with Gasteiger partial charge in [-0.2, -0.15) is 0 Å². The lowest BCUT2D eigenvalue weighted by atomic mass is 10.2. The smallest absolute Gasteiger partial charge is 0.265 e. The Morgan fingerprint density at radius 1 is 1.04 bits per heavy atom. The van der Waals surface area contributed by atoms with Crippen LogP contribution in [0.2, 0.25) is 0 Å². The van der Waals surface area contributed by atoms with Gasteiger partial charge in [-0.05, 0) is 62.8 Å². The number of aromatic nitrogens is 2. The minimum Gasteiger partial charge on any atom is -0.494 e. The standard InChI is InChI=1S/C22H27N3O2/c1-4-24(5-2)15-8-16-27-19-13-11-18(12-14-19)25-17(3)23-21-10-7-6-9-20(21)22(25)26/h6-7,9-14H,4-5,8,15-16H2,1-3H3. The van der Waals surface area contributed by atoms with E-state index in [1.54, 1.807) is 4.57 Å². The molecule has 1 heterocycles. The molecule has 0 aliphatic heterocycles. The van der Waals surface area contributed by atoms with Crippen molar-refractivity contribution in [2.45, 2.75) is 27.2 Å². The van der Waals surface area contributed by atoms with Crippen molar-refractivity contribution in [1.29, 1.82) is 0 Å². The summed E-state index contributed by atoms with van der Waals surface area (Å²) in [4.78, 5) is 19.8. The fourth-order valence-electron chi connectivity index (χ4n) is 3.26. The fraction of sp³-hybridized carbons (Fsp3) is 0.364. The first kappa shape index (κ1) is 19.1. The van der Waals surface area contributed by atoms with Crippen LogP contribution in [-0.2, 0) is 0 Å². The lowest BCUT2D eigenvalue weighted by molar-refractivity contribution is 0.249. The molecule has 0 aliphatic rings. The number of nitrogens with zero attached hydrogens (tertiary/aromatic N) is 3. The van der Waals surface area contributed by atoms with Gasteiger partial charge in [0, 0.05) is 6.54 Å². The van der Waals surface area contributed by atoms with E-state index < -0.39 is 0 Å². The molecule has 0 N–H and O–H groups in total. The molecule has 0 fully saturated rings. The monoisotopic (exact) mass is 365 g/mol. The molecule has 0 bridgehead atoms. The summed E-state index contributed by atoms with van der Waals surface area (Å²) in [6.07, 6.45) is 0.997. The molecule has 142 valence electrons. The molecule has 0 atom stereocenters. The summed E-state index contributed by atoms with van der Waals surface area (Å²) in [6.45, 7) is 10.1. The zero-order chi connectivity index (χ0) is 19.2. The first-order valence-electron chi connectivity index (χ1n) is 9.58. The van der Waals surface area contributed by atoms with Crippen molar-refractivity contribution < 1.29 is 4.74 Å². The largest absolute Gasteiger partial charge is 0.494 e. The Hall–Kier alpha value is -2.66. The van der Waals surface area contributed by atoms with E-state index in [0.717, 1.165) is 43.0 Å². The van der Waals surface area contributed by atoms with Gasteiger partial charge in [-0.25, -0.2) is 4.98 Å². The lowest BCUT2D eigenvalue weighted by Gasteiger charge is -2.17. The van der Waals surface area contributed by atoms with E-state index in [9.17, 15) is 4.79 Å². The minimum atomic E-state index is -0.0500. The van der Waals surface area contributed by atoms with Gasteiger partial charge < -0.3 is 9.64 Å². The van der Waals surface area contributed by atoms with Gasteiger partial charge in [-0.1, -0.05) is 26.0 Å². The van der Waals surface area contributed by atoms with Crippen molar-refractivity contribution in [2.24, 2.45) is 0 Å². The summed E-state index contributed by atoms with van der Waals surface area (Å²) in [7, 11) is 0. The van der Waals surface area contributed by atoms with Crippen molar-refractivity contribution in [2.75, 3.05) is 26.2 Å². The van der Waals surface area contributed by atoms with Crippen LogP contribution < -0.4 is 10.3 Å². The Balaban J connectivity index is 1.72. The van der Waals surface area contributed by atoms with Crippen molar-refractivity contribution in [3.63, 3.8) is 0 Å². The maximum absolute atomic E-state index is 12.9. The molecule has 27 heavy (non-hydrogen) atoms. The Morgan fingerprint density at radius 3 is 2.44 bits per heavy atom.